The quantitative estimate of drug-likeness (QED) is 0.699. The van der Waals surface area contributed by atoms with Gasteiger partial charge in [-0.3, -0.25) is 0 Å². The van der Waals surface area contributed by atoms with E-state index in [0.29, 0.717) is 0 Å². The fourth-order valence-electron chi connectivity index (χ4n) is 1.32. The van der Waals surface area contributed by atoms with Crippen LogP contribution in [0, 0.1) is 0 Å². The van der Waals surface area contributed by atoms with Crippen LogP contribution in [0.25, 0.3) is 0 Å². The summed E-state index contributed by atoms with van der Waals surface area (Å²) in [7, 11) is 0. The molecule has 0 N–H and O–H groups in total. The van der Waals surface area contributed by atoms with Gasteiger partial charge in [0.05, 0.1) is 0 Å². The maximum atomic E-state index is 3.90. The van der Waals surface area contributed by atoms with Gasteiger partial charge in [0.1, 0.15) is 0 Å². The van der Waals surface area contributed by atoms with Crippen LogP contribution in [0.5, 0.6) is 0 Å². The van der Waals surface area contributed by atoms with E-state index in [0.717, 1.165) is 5.21 Å². The van der Waals surface area contributed by atoms with Crippen molar-refractivity contribution in [1.82, 2.24) is 0 Å². The third-order valence-electron chi connectivity index (χ3n) is 2.32. The van der Waals surface area contributed by atoms with E-state index < -0.39 is 13.6 Å². The molecule has 0 saturated carbocycles. The molecule has 14 heavy (non-hydrogen) atoms. The van der Waals surface area contributed by atoms with Crippen molar-refractivity contribution in [2.24, 2.45) is 0 Å². The summed E-state index contributed by atoms with van der Waals surface area (Å²) in [5.74, 6) is 0. The average molecular weight is 247 g/mol. The fourth-order valence-corrected chi connectivity index (χ4v) is 4.84. The van der Waals surface area contributed by atoms with Gasteiger partial charge >= 0.3 is 89.0 Å². The number of hydrogen-bond donors (Lipinski definition) is 0. The molecule has 1 rings (SSSR count). The van der Waals surface area contributed by atoms with E-state index >= 15 is 0 Å². The summed E-state index contributed by atoms with van der Waals surface area (Å²) in [6.45, 7) is 11.7. The van der Waals surface area contributed by atoms with E-state index in [2.05, 4.69) is 58.6 Å². The molecule has 0 spiro atoms. The molecule has 0 aliphatic heterocycles. The Morgan fingerprint density at radius 1 is 0.929 bits per heavy atom. The summed E-state index contributed by atoms with van der Waals surface area (Å²) in [6.07, 6.45) is 0. The first-order valence-corrected chi connectivity index (χ1v) is 9.16. The predicted molar refractivity (Wildman–Crippen MR) is 66.5 cm³/mol. The topological polar surface area (TPSA) is 0 Å². The van der Waals surface area contributed by atoms with Gasteiger partial charge in [-0.15, -0.1) is 0 Å². The van der Waals surface area contributed by atoms with Gasteiger partial charge in [0.25, 0.3) is 0 Å². The van der Waals surface area contributed by atoms with E-state index in [1.807, 2.05) is 6.07 Å². The Morgan fingerprint density at radius 3 is 1.86 bits per heavy atom. The molecule has 0 nitrogen and oxygen atoms in total. The second-order valence-electron chi connectivity index (χ2n) is 3.19. The number of hydrogen-bond acceptors (Lipinski definition) is 0. The molecule has 0 aromatic heterocycles. The zero-order chi connectivity index (χ0) is 10.4. The van der Waals surface area contributed by atoms with E-state index in [-0.39, 0.29) is 0 Å². The molecular formula is C13H16As+. The molecular weight excluding hydrogens is 231 g/mol. The molecule has 0 saturated heterocycles. The number of benzene rings is 1. The van der Waals surface area contributed by atoms with Crippen LogP contribution in [0.3, 0.4) is 0 Å². The summed E-state index contributed by atoms with van der Waals surface area (Å²) < 4.78 is 0. The Kier molecular flexibility index (Phi) is 3.97. The summed E-state index contributed by atoms with van der Waals surface area (Å²) in [5.41, 5.74) is 1.35. The third-order valence-corrected chi connectivity index (χ3v) is 8.51. The molecule has 1 heteroatoms. The first-order chi connectivity index (χ1) is 6.76. The van der Waals surface area contributed by atoms with Crippen molar-refractivity contribution in [2.45, 2.75) is 5.21 Å². The molecule has 72 valence electrons. The van der Waals surface area contributed by atoms with Gasteiger partial charge in [0.15, 0.2) is 0 Å². The van der Waals surface area contributed by atoms with Gasteiger partial charge in [-0.25, -0.2) is 0 Å². The zero-order valence-corrected chi connectivity index (χ0v) is 10.3. The Balaban J connectivity index is 2.90. The van der Waals surface area contributed by atoms with Gasteiger partial charge in [0, 0.05) is 0 Å². The molecule has 1 aromatic rings. The van der Waals surface area contributed by atoms with Gasteiger partial charge < -0.3 is 0 Å². The van der Waals surface area contributed by atoms with E-state index in [9.17, 15) is 0 Å². The molecule has 0 heterocycles. The molecule has 0 amide bonds. The summed E-state index contributed by atoms with van der Waals surface area (Å²) in [4.78, 5) is 6.18. The second kappa shape index (κ2) is 5.02. The standard InChI is InChI=1S/C13H16As/c1-4-14(5-2,6-3)12-13-10-8-7-9-11-13/h4-11H,1-3,12H2/q+1. The van der Waals surface area contributed by atoms with Gasteiger partial charge in [-0.05, 0) is 0 Å². The molecule has 0 bridgehead atoms. The number of rotatable bonds is 5. The van der Waals surface area contributed by atoms with Gasteiger partial charge in [-0.2, -0.15) is 0 Å². The van der Waals surface area contributed by atoms with Crippen LogP contribution in [0.4, 0.5) is 0 Å². The van der Waals surface area contributed by atoms with Crippen molar-refractivity contribution in [3.8, 4) is 0 Å². The zero-order valence-electron chi connectivity index (χ0n) is 8.39. The van der Waals surface area contributed by atoms with Crippen LogP contribution in [-0.4, -0.2) is 13.6 Å². The Labute approximate surface area is 89.1 Å². The SMILES string of the molecule is C=C[As+](C=C)(C=C)Cc1ccccc1. The Morgan fingerprint density at radius 2 is 1.43 bits per heavy atom. The van der Waals surface area contributed by atoms with E-state index in [1.54, 1.807) is 0 Å². The second-order valence-corrected chi connectivity index (χ2v) is 10.3. The van der Waals surface area contributed by atoms with Crippen molar-refractivity contribution in [3.63, 3.8) is 0 Å². The molecule has 0 atom stereocenters. The fraction of sp³-hybridized carbons (Fsp3) is 0.0769. The molecule has 0 aliphatic carbocycles. The first-order valence-electron chi connectivity index (χ1n) is 4.58. The summed E-state index contributed by atoms with van der Waals surface area (Å²) in [6, 6.07) is 10.5. The van der Waals surface area contributed by atoms with Crippen LogP contribution < -0.4 is 0 Å². The normalized spacial score (nSPS) is 10.6. The average Bonchev–Trinajstić information content (AvgIpc) is 2.28. The molecule has 0 radical (unpaired) electrons. The molecule has 0 aliphatic rings. The minimum atomic E-state index is -2.02. The van der Waals surface area contributed by atoms with Crippen LogP contribution in [-0.2, 0) is 5.21 Å². The summed E-state index contributed by atoms with van der Waals surface area (Å²) >= 11 is -2.02. The van der Waals surface area contributed by atoms with Crippen LogP contribution in [0.15, 0.2) is 64.7 Å². The predicted octanol–water partition coefficient (Wildman–Crippen LogP) is 3.39. The van der Waals surface area contributed by atoms with Crippen molar-refractivity contribution in [3.05, 3.63) is 70.2 Å². The van der Waals surface area contributed by atoms with E-state index in [4.69, 9.17) is 0 Å². The Hall–Kier alpha value is -1.00. The first kappa shape index (κ1) is 11.1. The van der Waals surface area contributed by atoms with Crippen LogP contribution in [0.1, 0.15) is 5.56 Å². The molecule has 1 aromatic carbocycles. The molecule has 0 unspecified atom stereocenters. The Bertz CT molecular complexity index is 303. The maximum absolute atomic E-state index is 3.90. The summed E-state index contributed by atoms with van der Waals surface area (Å²) in [5, 5.41) is 1.05. The van der Waals surface area contributed by atoms with Gasteiger partial charge in [0.2, 0.25) is 0 Å². The van der Waals surface area contributed by atoms with Crippen LogP contribution in [0.2, 0.25) is 0 Å². The minimum absolute atomic E-state index is 1.05. The van der Waals surface area contributed by atoms with Crippen molar-refractivity contribution in [1.29, 1.82) is 0 Å². The van der Waals surface area contributed by atoms with Crippen molar-refractivity contribution in [2.75, 3.05) is 0 Å². The molecule has 0 fully saturated rings. The van der Waals surface area contributed by atoms with Crippen molar-refractivity contribution >= 4 is 13.6 Å². The third kappa shape index (κ3) is 2.49. The van der Waals surface area contributed by atoms with Crippen molar-refractivity contribution < 1.29 is 0 Å². The van der Waals surface area contributed by atoms with Gasteiger partial charge in [-0.1, -0.05) is 0 Å². The monoisotopic (exact) mass is 247 g/mol. The van der Waals surface area contributed by atoms with Crippen LogP contribution >= 0.6 is 0 Å². The van der Waals surface area contributed by atoms with E-state index in [1.165, 1.54) is 5.56 Å².